The van der Waals surface area contributed by atoms with Crippen molar-refractivity contribution in [3.05, 3.63) is 48.5 Å². The van der Waals surface area contributed by atoms with Crippen molar-refractivity contribution in [2.45, 2.75) is 31.7 Å². The van der Waals surface area contributed by atoms with E-state index in [1.165, 1.54) is 0 Å². The van der Waals surface area contributed by atoms with Crippen LogP contribution in [0.4, 0.5) is 17.1 Å². The van der Waals surface area contributed by atoms with Gasteiger partial charge in [-0.1, -0.05) is 0 Å². The summed E-state index contributed by atoms with van der Waals surface area (Å²) < 4.78 is 5.18. The van der Waals surface area contributed by atoms with Gasteiger partial charge in [0.05, 0.1) is 7.11 Å². The summed E-state index contributed by atoms with van der Waals surface area (Å²) in [6.07, 6.45) is 2.86. The van der Waals surface area contributed by atoms with Gasteiger partial charge in [-0.05, 0) is 67.8 Å². The Kier molecular flexibility index (Phi) is 6.81. The van der Waals surface area contributed by atoms with Crippen molar-refractivity contribution in [2.24, 2.45) is 11.7 Å². The number of anilines is 3. The number of rotatable bonds is 7. The second-order valence-electron chi connectivity index (χ2n) is 8.53. The van der Waals surface area contributed by atoms with E-state index in [0.717, 1.165) is 18.5 Å². The number of methoxy groups -OCH3 is 1. The molecule has 9 heteroatoms. The molecule has 2 aliphatic heterocycles. The van der Waals surface area contributed by atoms with E-state index >= 15 is 0 Å². The molecule has 4 rings (SSSR count). The number of carbonyl (C=O) groups is 3. The van der Waals surface area contributed by atoms with E-state index in [-0.39, 0.29) is 17.5 Å². The monoisotopic (exact) mass is 463 g/mol. The molecule has 2 saturated heterocycles. The third kappa shape index (κ3) is 4.73. The molecule has 4 N–H and O–H groups in total. The van der Waals surface area contributed by atoms with E-state index in [9.17, 15) is 14.4 Å². The lowest BCUT2D eigenvalue weighted by molar-refractivity contribution is -0.121. The van der Waals surface area contributed by atoms with Crippen molar-refractivity contribution in [1.82, 2.24) is 0 Å². The van der Waals surface area contributed by atoms with Gasteiger partial charge in [0.1, 0.15) is 17.5 Å². The topological polar surface area (TPSA) is 129 Å². The fourth-order valence-corrected chi connectivity index (χ4v) is 4.56. The Bertz CT molecular complexity index is 1080. The molecule has 2 aromatic rings. The lowest BCUT2D eigenvalue weighted by Crippen LogP contribution is -2.56. The minimum absolute atomic E-state index is 0.115. The number of primary amides is 1. The highest BCUT2D eigenvalue weighted by Crippen LogP contribution is 2.30. The number of hydrogen-bond acceptors (Lipinski definition) is 6. The van der Waals surface area contributed by atoms with E-state index in [2.05, 4.69) is 5.32 Å². The molecule has 2 atom stereocenters. The lowest BCUT2D eigenvalue weighted by atomic mass is 9.85. The maximum absolute atomic E-state index is 13.6. The number of carbonyl (C=O) groups excluding carboxylic acids is 3. The Morgan fingerprint density at radius 1 is 1.00 bits per heavy atom. The van der Waals surface area contributed by atoms with Crippen LogP contribution in [0.25, 0.3) is 0 Å². The largest absolute Gasteiger partial charge is 0.497 e. The lowest BCUT2D eigenvalue weighted by Gasteiger charge is -2.38. The Hall–Kier alpha value is -3.88. The summed E-state index contributed by atoms with van der Waals surface area (Å²) in [5, 5.41) is 11.4. The first kappa shape index (κ1) is 23.3. The number of nitrogens with two attached hydrogens (primary N) is 1. The van der Waals surface area contributed by atoms with Crippen LogP contribution < -0.4 is 25.6 Å². The maximum atomic E-state index is 13.6. The van der Waals surface area contributed by atoms with Crippen LogP contribution in [0.2, 0.25) is 0 Å². The zero-order chi connectivity index (χ0) is 24.2. The molecule has 34 heavy (non-hydrogen) atoms. The van der Waals surface area contributed by atoms with Gasteiger partial charge in [0.15, 0.2) is 0 Å². The van der Waals surface area contributed by atoms with E-state index in [4.69, 9.17) is 15.9 Å². The first-order valence-electron chi connectivity index (χ1n) is 11.4. The first-order valence-corrected chi connectivity index (χ1v) is 11.4. The number of benzene rings is 2. The Labute approximate surface area is 198 Å². The number of nitrogens with zero attached hydrogens (tertiary/aromatic N) is 2. The highest BCUT2D eigenvalue weighted by molar-refractivity contribution is 6.38. The second kappa shape index (κ2) is 9.94. The molecule has 3 amide bonds. The van der Waals surface area contributed by atoms with E-state index in [1.807, 2.05) is 24.3 Å². The molecule has 178 valence electrons. The molecule has 0 spiro atoms. The van der Waals surface area contributed by atoms with Gasteiger partial charge in [-0.2, -0.15) is 0 Å². The van der Waals surface area contributed by atoms with Gasteiger partial charge in [-0.25, -0.2) is 0 Å². The van der Waals surface area contributed by atoms with E-state index in [0.29, 0.717) is 43.1 Å². The summed E-state index contributed by atoms with van der Waals surface area (Å²) in [7, 11) is 1.57. The highest BCUT2D eigenvalue weighted by Gasteiger charge is 2.40. The summed E-state index contributed by atoms with van der Waals surface area (Å²) in [6.45, 7) is 1.05. The third-order valence-electron chi connectivity index (χ3n) is 6.44. The molecule has 0 aliphatic carbocycles. The second-order valence-corrected chi connectivity index (χ2v) is 8.53. The number of ether oxygens (including phenoxy) is 1. The Morgan fingerprint density at radius 2 is 1.65 bits per heavy atom. The summed E-state index contributed by atoms with van der Waals surface area (Å²) in [6, 6.07) is 13.6. The number of amides is 3. The molecule has 2 unspecified atom stereocenters. The van der Waals surface area contributed by atoms with Crippen LogP contribution in [0.5, 0.6) is 5.75 Å². The van der Waals surface area contributed by atoms with Crippen molar-refractivity contribution >= 4 is 40.5 Å². The van der Waals surface area contributed by atoms with Gasteiger partial charge in [-0.3, -0.25) is 19.8 Å². The van der Waals surface area contributed by atoms with Crippen LogP contribution in [0.15, 0.2) is 48.5 Å². The van der Waals surface area contributed by atoms with Gasteiger partial charge >= 0.3 is 0 Å². The summed E-state index contributed by atoms with van der Waals surface area (Å²) in [4.78, 5) is 41.0. The SMILES string of the molecule is COc1ccc(NC2C(=O)N(c3ccc(N4CCCCC4=O)cc3)CCC2C(=N)C(N)=O)cc1. The predicted octanol–water partition coefficient (Wildman–Crippen LogP) is 2.55. The van der Waals surface area contributed by atoms with Gasteiger partial charge in [-0.15, -0.1) is 0 Å². The van der Waals surface area contributed by atoms with Crippen LogP contribution >= 0.6 is 0 Å². The van der Waals surface area contributed by atoms with Gasteiger partial charge < -0.3 is 25.6 Å². The zero-order valence-electron chi connectivity index (χ0n) is 19.1. The molecule has 2 heterocycles. The summed E-state index contributed by atoms with van der Waals surface area (Å²) in [5.74, 6) is -0.933. The predicted molar refractivity (Wildman–Crippen MR) is 130 cm³/mol. The zero-order valence-corrected chi connectivity index (χ0v) is 19.1. The molecule has 0 saturated carbocycles. The van der Waals surface area contributed by atoms with E-state index < -0.39 is 17.9 Å². The van der Waals surface area contributed by atoms with Crippen LogP contribution in [0.3, 0.4) is 0 Å². The van der Waals surface area contributed by atoms with Crippen molar-refractivity contribution in [3.8, 4) is 5.75 Å². The molecule has 0 radical (unpaired) electrons. The molecular weight excluding hydrogens is 434 g/mol. The molecule has 0 bridgehead atoms. The van der Waals surface area contributed by atoms with Crippen molar-refractivity contribution < 1.29 is 19.1 Å². The summed E-state index contributed by atoms with van der Waals surface area (Å²) >= 11 is 0. The molecule has 9 nitrogen and oxygen atoms in total. The third-order valence-corrected chi connectivity index (χ3v) is 6.44. The molecule has 2 aromatic carbocycles. The molecule has 0 aromatic heterocycles. The van der Waals surface area contributed by atoms with Crippen molar-refractivity contribution in [3.63, 3.8) is 0 Å². The molecule has 2 fully saturated rings. The maximum Gasteiger partial charge on any atom is 0.262 e. The van der Waals surface area contributed by atoms with Crippen molar-refractivity contribution in [2.75, 3.05) is 35.3 Å². The van der Waals surface area contributed by atoms with E-state index in [1.54, 1.807) is 41.2 Å². The summed E-state index contributed by atoms with van der Waals surface area (Å²) in [5.41, 5.74) is 7.31. The van der Waals surface area contributed by atoms with Crippen LogP contribution in [-0.2, 0) is 14.4 Å². The Morgan fingerprint density at radius 3 is 2.24 bits per heavy atom. The molecule has 2 aliphatic rings. The fourth-order valence-electron chi connectivity index (χ4n) is 4.56. The normalized spacial score (nSPS) is 20.7. The first-order chi connectivity index (χ1) is 16.4. The van der Waals surface area contributed by atoms with Crippen LogP contribution in [0.1, 0.15) is 25.7 Å². The fraction of sp³-hybridized carbons (Fsp3) is 0.360. The van der Waals surface area contributed by atoms with Crippen LogP contribution in [-0.4, -0.2) is 49.7 Å². The Balaban J connectivity index is 1.57. The average molecular weight is 464 g/mol. The van der Waals surface area contributed by atoms with Gasteiger partial charge in [0, 0.05) is 42.5 Å². The average Bonchev–Trinajstić information content (AvgIpc) is 2.85. The highest BCUT2D eigenvalue weighted by atomic mass is 16.5. The number of nitrogens with one attached hydrogen (secondary N) is 2. The smallest absolute Gasteiger partial charge is 0.262 e. The number of piperidine rings is 2. The minimum atomic E-state index is -0.830. The minimum Gasteiger partial charge on any atom is -0.497 e. The van der Waals surface area contributed by atoms with Gasteiger partial charge in [0.25, 0.3) is 5.91 Å². The quantitative estimate of drug-likeness (QED) is 0.544. The van der Waals surface area contributed by atoms with Crippen LogP contribution in [0, 0.1) is 11.3 Å². The molecular formula is C25H29N5O4. The standard InChI is InChI=1S/C25H29N5O4/c1-34-19-11-5-16(6-12-19)28-23-20(22(26)24(27)32)13-15-30(25(23)33)18-9-7-17(8-10-18)29-14-3-2-4-21(29)31/h5-12,20,23,26,28H,2-4,13-15H2,1H3,(H2,27,32). The van der Waals surface area contributed by atoms with Crippen molar-refractivity contribution in [1.29, 1.82) is 5.41 Å². The van der Waals surface area contributed by atoms with Gasteiger partial charge in [0.2, 0.25) is 11.8 Å². The number of hydrogen-bond donors (Lipinski definition) is 3.